The number of nitro benzene ring substituents is 1. The lowest BCUT2D eigenvalue weighted by Gasteiger charge is -2.13. The van der Waals surface area contributed by atoms with Gasteiger partial charge in [-0.3, -0.25) is 24.5 Å². The molecule has 0 fully saturated rings. The summed E-state index contributed by atoms with van der Waals surface area (Å²) < 4.78 is 4.94. The smallest absolute Gasteiger partial charge is 0.308 e. The second kappa shape index (κ2) is 10.7. The summed E-state index contributed by atoms with van der Waals surface area (Å²) in [6.45, 7) is 3.45. The Morgan fingerprint density at radius 1 is 1.10 bits per heavy atom. The topological polar surface area (TPSA) is 128 Å². The predicted octanol–water partition coefficient (Wildman–Crippen LogP) is 2.77. The number of amides is 2. The SMILES string of the molecule is CCc1cccc(C)c1NC(=O)COC(=O)CCNC(=O)c1ccc([N+](=O)[O-])cc1. The molecule has 0 radical (unpaired) electrons. The van der Waals surface area contributed by atoms with Crippen LogP contribution in [0.15, 0.2) is 42.5 Å². The number of esters is 1. The van der Waals surface area contributed by atoms with E-state index in [1.165, 1.54) is 24.3 Å². The first kappa shape index (κ1) is 22.5. The van der Waals surface area contributed by atoms with Crippen LogP contribution in [0.25, 0.3) is 0 Å². The van der Waals surface area contributed by atoms with Gasteiger partial charge in [-0.05, 0) is 36.6 Å². The van der Waals surface area contributed by atoms with Crippen LogP contribution in [0.3, 0.4) is 0 Å². The van der Waals surface area contributed by atoms with Gasteiger partial charge in [0.25, 0.3) is 17.5 Å². The average molecular weight is 413 g/mol. The Kier molecular flexibility index (Phi) is 8.04. The molecule has 0 aliphatic rings. The number of rotatable bonds is 9. The van der Waals surface area contributed by atoms with Crippen molar-refractivity contribution in [3.63, 3.8) is 0 Å². The van der Waals surface area contributed by atoms with Gasteiger partial charge >= 0.3 is 5.97 Å². The number of ether oxygens (including phenoxy) is 1. The normalized spacial score (nSPS) is 10.2. The predicted molar refractivity (Wildman–Crippen MR) is 110 cm³/mol. The van der Waals surface area contributed by atoms with Crippen molar-refractivity contribution in [2.24, 2.45) is 0 Å². The maximum absolute atomic E-state index is 12.1. The highest BCUT2D eigenvalue weighted by molar-refractivity contribution is 5.95. The Hall–Kier alpha value is -3.75. The quantitative estimate of drug-likeness (QED) is 0.370. The van der Waals surface area contributed by atoms with Gasteiger partial charge in [0.15, 0.2) is 6.61 Å². The molecule has 9 heteroatoms. The van der Waals surface area contributed by atoms with Crippen molar-refractivity contribution in [3.05, 3.63) is 69.3 Å². The van der Waals surface area contributed by atoms with E-state index >= 15 is 0 Å². The first-order chi connectivity index (χ1) is 14.3. The van der Waals surface area contributed by atoms with Crippen molar-refractivity contribution in [2.75, 3.05) is 18.5 Å². The number of carbonyl (C=O) groups excluding carboxylic acids is 3. The second-order valence-corrected chi connectivity index (χ2v) is 6.48. The summed E-state index contributed by atoms with van der Waals surface area (Å²) in [5.74, 6) is -1.54. The van der Waals surface area contributed by atoms with Crippen molar-refractivity contribution in [3.8, 4) is 0 Å². The number of nitrogens with zero attached hydrogens (tertiary/aromatic N) is 1. The van der Waals surface area contributed by atoms with Gasteiger partial charge in [-0.15, -0.1) is 0 Å². The van der Waals surface area contributed by atoms with E-state index in [0.717, 1.165) is 23.2 Å². The van der Waals surface area contributed by atoms with Crippen molar-refractivity contribution >= 4 is 29.2 Å². The van der Waals surface area contributed by atoms with Crippen LogP contribution in [0, 0.1) is 17.0 Å². The highest BCUT2D eigenvalue weighted by Gasteiger charge is 2.13. The van der Waals surface area contributed by atoms with Crippen LogP contribution in [0.2, 0.25) is 0 Å². The zero-order chi connectivity index (χ0) is 22.1. The van der Waals surface area contributed by atoms with Gasteiger partial charge in [0.2, 0.25) is 0 Å². The number of non-ortho nitro benzene ring substituents is 1. The zero-order valence-electron chi connectivity index (χ0n) is 16.8. The Balaban J connectivity index is 1.74. The molecule has 2 aromatic carbocycles. The monoisotopic (exact) mass is 413 g/mol. The Morgan fingerprint density at radius 2 is 1.80 bits per heavy atom. The average Bonchev–Trinajstić information content (AvgIpc) is 2.73. The lowest BCUT2D eigenvalue weighted by Crippen LogP contribution is -2.27. The van der Waals surface area contributed by atoms with Gasteiger partial charge in [-0.2, -0.15) is 0 Å². The lowest BCUT2D eigenvalue weighted by molar-refractivity contribution is -0.384. The number of benzene rings is 2. The molecular weight excluding hydrogens is 390 g/mol. The maximum Gasteiger partial charge on any atom is 0.308 e. The van der Waals surface area contributed by atoms with Crippen LogP contribution in [0.5, 0.6) is 0 Å². The number of nitrogens with one attached hydrogen (secondary N) is 2. The van der Waals surface area contributed by atoms with E-state index in [-0.39, 0.29) is 24.2 Å². The van der Waals surface area contributed by atoms with Crippen molar-refractivity contribution in [2.45, 2.75) is 26.7 Å². The molecule has 2 rings (SSSR count). The van der Waals surface area contributed by atoms with E-state index in [0.29, 0.717) is 0 Å². The summed E-state index contributed by atoms with van der Waals surface area (Å²) in [5.41, 5.74) is 2.74. The minimum atomic E-state index is -0.630. The van der Waals surface area contributed by atoms with Crippen LogP contribution < -0.4 is 10.6 Å². The standard InChI is InChI=1S/C21H23N3O6/c1-3-15-6-4-5-14(2)20(15)23-18(25)13-30-19(26)11-12-22-21(27)16-7-9-17(10-8-16)24(28)29/h4-10H,3,11-13H2,1-2H3,(H,22,27)(H,23,25). The first-order valence-electron chi connectivity index (χ1n) is 9.38. The van der Waals surface area contributed by atoms with Crippen molar-refractivity contribution in [1.82, 2.24) is 5.32 Å². The molecule has 30 heavy (non-hydrogen) atoms. The third-order valence-corrected chi connectivity index (χ3v) is 4.32. The second-order valence-electron chi connectivity index (χ2n) is 6.48. The van der Waals surface area contributed by atoms with Gasteiger partial charge in [-0.1, -0.05) is 25.1 Å². The highest BCUT2D eigenvalue weighted by Crippen LogP contribution is 2.20. The molecule has 0 aromatic heterocycles. The number of para-hydroxylation sites is 1. The molecule has 0 heterocycles. The third kappa shape index (κ3) is 6.40. The van der Waals surface area contributed by atoms with E-state index in [9.17, 15) is 24.5 Å². The molecule has 0 atom stereocenters. The maximum atomic E-state index is 12.1. The number of hydrogen-bond donors (Lipinski definition) is 2. The number of hydrogen-bond acceptors (Lipinski definition) is 6. The summed E-state index contributed by atoms with van der Waals surface area (Å²) >= 11 is 0. The molecule has 0 unspecified atom stereocenters. The number of carbonyl (C=O) groups is 3. The fraction of sp³-hybridized carbons (Fsp3) is 0.286. The van der Waals surface area contributed by atoms with Crippen LogP contribution in [0.4, 0.5) is 11.4 Å². The third-order valence-electron chi connectivity index (χ3n) is 4.32. The molecule has 158 valence electrons. The summed E-state index contributed by atoms with van der Waals surface area (Å²) in [5, 5.41) is 15.9. The Morgan fingerprint density at radius 3 is 2.43 bits per heavy atom. The van der Waals surface area contributed by atoms with E-state index in [1.807, 2.05) is 32.0 Å². The van der Waals surface area contributed by atoms with Crippen LogP contribution in [0.1, 0.15) is 34.8 Å². The fourth-order valence-electron chi connectivity index (χ4n) is 2.71. The van der Waals surface area contributed by atoms with E-state index in [4.69, 9.17) is 4.74 Å². The molecule has 0 bridgehead atoms. The van der Waals surface area contributed by atoms with Crippen LogP contribution in [-0.4, -0.2) is 35.9 Å². The zero-order valence-corrected chi connectivity index (χ0v) is 16.8. The lowest BCUT2D eigenvalue weighted by atomic mass is 10.1. The van der Waals surface area contributed by atoms with Gasteiger partial charge in [0.1, 0.15) is 0 Å². The van der Waals surface area contributed by atoms with Gasteiger partial charge in [0, 0.05) is 29.9 Å². The summed E-state index contributed by atoms with van der Waals surface area (Å²) in [6.07, 6.45) is 0.641. The Labute approximate surface area is 173 Å². The molecule has 9 nitrogen and oxygen atoms in total. The summed E-state index contributed by atoms with van der Waals surface area (Å²) in [6, 6.07) is 10.8. The molecule has 0 saturated heterocycles. The number of nitro groups is 1. The van der Waals surface area contributed by atoms with Crippen LogP contribution in [-0.2, 0) is 20.7 Å². The van der Waals surface area contributed by atoms with Crippen LogP contribution >= 0.6 is 0 Å². The van der Waals surface area contributed by atoms with E-state index in [1.54, 1.807) is 0 Å². The Bertz CT molecular complexity index is 940. The van der Waals surface area contributed by atoms with Crippen molar-refractivity contribution < 1.29 is 24.0 Å². The minimum Gasteiger partial charge on any atom is -0.456 e. The number of aryl methyl sites for hydroxylation is 2. The molecule has 0 saturated carbocycles. The fourth-order valence-corrected chi connectivity index (χ4v) is 2.71. The molecule has 2 aromatic rings. The van der Waals surface area contributed by atoms with E-state index < -0.39 is 29.3 Å². The largest absolute Gasteiger partial charge is 0.456 e. The van der Waals surface area contributed by atoms with Gasteiger partial charge < -0.3 is 15.4 Å². The summed E-state index contributed by atoms with van der Waals surface area (Å²) in [4.78, 5) is 45.9. The minimum absolute atomic E-state index is 0.00799. The summed E-state index contributed by atoms with van der Waals surface area (Å²) in [7, 11) is 0. The molecule has 0 aliphatic heterocycles. The van der Waals surface area contributed by atoms with Gasteiger partial charge in [0.05, 0.1) is 11.3 Å². The molecule has 0 spiro atoms. The first-order valence-corrected chi connectivity index (χ1v) is 9.38. The number of anilines is 1. The highest BCUT2D eigenvalue weighted by atomic mass is 16.6. The van der Waals surface area contributed by atoms with E-state index in [2.05, 4.69) is 10.6 Å². The molecule has 2 amide bonds. The molecular formula is C21H23N3O6. The van der Waals surface area contributed by atoms with Crippen molar-refractivity contribution in [1.29, 1.82) is 0 Å². The molecule has 0 aliphatic carbocycles. The molecule has 2 N–H and O–H groups in total. The van der Waals surface area contributed by atoms with Gasteiger partial charge in [-0.25, -0.2) is 0 Å².